The van der Waals surface area contributed by atoms with Crippen LogP contribution in [0.25, 0.3) is 0 Å². The lowest BCUT2D eigenvalue weighted by molar-refractivity contribution is -0.135. The fraction of sp³-hybridized carbons (Fsp3) is 0.769. The maximum absolute atomic E-state index is 13.2. The first-order valence-corrected chi connectivity index (χ1v) is 7.28. The van der Waals surface area contributed by atoms with E-state index in [-0.39, 0.29) is 5.91 Å². The van der Waals surface area contributed by atoms with E-state index in [0.29, 0.717) is 25.6 Å². The molecule has 3 heterocycles. The summed E-state index contributed by atoms with van der Waals surface area (Å²) in [6.07, 6.45) is 4.93. The van der Waals surface area contributed by atoms with Crippen LogP contribution >= 0.6 is 0 Å². The van der Waals surface area contributed by atoms with Crippen LogP contribution in [-0.4, -0.2) is 57.4 Å². The van der Waals surface area contributed by atoms with Gasteiger partial charge in [-0.05, 0) is 18.8 Å². The minimum absolute atomic E-state index is 0.199. The Bertz CT molecular complexity index is 493. The third-order valence-corrected chi connectivity index (χ3v) is 4.16. The summed E-state index contributed by atoms with van der Waals surface area (Å²) >= 11 is 0. The van der Waals surface area contributed by atoms with Crippen molar-refractivity contribution in [2.45, 2.75) is 37.8 Å². The first-order valence-electron chi connectivity index (χ1n) is 7.28. The van der Waals surface area contributed by atoms with Crippen LogP contribution in [0.1, 0.15) is 19.3 Å². The molecule has 3 rings (SSSR count). The zero-order valence-corrected chi connectivity index (χ0v) is 11.7. The number of aromatic nitrogens is 3. The van der Waals surface area contributed by atoms with Gasteiger partial charge in [0, 0.05) is 32.3 Å². The van der Waals surface area contributed by atoms with E-state index >= 15 is 0 Å². The van der Waals surface area contributed by atoms with Crippen LogP contribution in [0, 0.1) is 5.92 Å². The Balaban J connectivity index is 1.57. The number of amides is 1. The molecule has 116 valence electrons. The number of hydrogen-bond donors (Lipinski definition) is 1. The standard InChI is InChI=1S/C13H19F2N5O/c14-13(15)6-11(16-9-13)12(21)19-4-1-2-10(7-19)8-20-5-3-17-18-20/h3,5,10-11,16H,1-2,4,6-9H2. The third-order valence-electron chi connectivity index (χ3n) is 4.16. The molecule has 0 saturated carbocycles. The van der Waals surface area contributed by atoms with Crippen LogP contribution in [0.15, 0.2) is 12.4 Å². The molecule has 1 N–H and O–H groups in total. The number of piperidine rings is 1. The molecule has 1 amide bonds. The van der Waals surface area contributed by atoms with Gasteiger partial charge in [0.05, 0.1) is 18.8 Å². The van der Waals surface area contributed by atoms with Gasteiger partial charge in [0.25, 0.3) is 5.92 Å². The van der Waals surface area contributed by atoms with Gasteiger partial charge in [0.2, 0.25) is 5.91 Å². The summed E-state index contributed by atoms with van der Waals surface area (Å²) in [4.78, 5) is 14.0. The highest BCUT2D eigenvalue weighted by atomic mass is 19.3. The van der Waals surface area contributed by atoms with Gasteiger partial charge in [0.15, 0.2) is 0 Å². The van der Waals surface area contributed by atoms with Crippen molar-refractivity contribution in [1.82, 2.24) is 25.2 Å². The molecule has 2 fully saturated rings. The van der Waals surface area contributed by atoms with Crippen molar-refractivity contribution in [3.8, 4) is 0 Å². The molecule has 1 aromatic rings. The predicted octanol–water partition coefficient (Wildman–Crippen LogP) is 0.514. The molecule has 2 atom stereocenters. The fourth-order valence-electron chi connectivity index (χ4n) is 3.12. The van der Waals surface area contributed by atoms with E-state index in [1.165, 1.54) is 0 Å². The van der Waals surface area contributed by atoms with Gasteiger partial charge in [-0.2, -0.15) is 0 Å². The average molecular weight is 299 g/mol. The first-order chi connectivity index (χ1) is 10.0. The van der Waals surface area contributed by atoms with E-state index in [0.717, 1.165) is 12.8 Å². The van der Waals surface area contributed by atoms with Crippen molar-refractivity contribution >= 4 is 5.91 Å². The largest absolute Gasteiger partial charge is 0.341 e. The van der Waals surface area contributed by atoms with Gasteiger partial charge in [-0.15, -0.1) is 5.10 Å². The second-order valence-electron chi connectivity index (χ2n) is 5.91. The Labute approximate surface area is 121 Å². The first kappa shape index (κ1) is 14.4. The summed E-state index contributed by atoms with van der Waals surface area (Å²) in [5.74, 6) is -2.67. The molecule has 0 bridgehead atoms. The molecule has 2 aliphatic heterocycles. The Kier molecular flexibility index (Phi) is 3.88. The van der Waals surface area contributed by atoms with E-state index in [4.69, 9.17) is 0 Å². The average Bonchev–Trinajstić information content (AvgIpc) is 3.08. The van der Waals surface area contributed by atoms with Crippen LogP contribution < -0.4 is 5.32 Å². The molecule has 0 spiro atoms. The molecule has 8 heteroatoms. The Morgan fingerprint density at radius 3 is 3.00 bits per heavy atom. The molecular formula is C13H19F2N5O. The van der Waals surface area contributed by atoms with Crippen LogP contribution in [0.3, 0.4) is 0 Å². The number of rotatable bonds is 3. The molecule has 1 aromatic heterocycles. The minimum atomic E-state index is -2.77. The molecule has 2 aliphatic rings. The second-order valence-corrected chi connectivity index (χ2v) is 5.91. The summed E-state index contributed by atoms with van der Waals surface area (Å²) in [7, 11) is 0. The molecule has 0 aromatic carbocycles. The minimum Gasteiger partial charge on any atom is -0.341 e. The smallest absolute Gasteiger partial charge is 0.262 e. The Morgan fingerprint density at radius 2 is 2.33 bits per heavy atom. The predicted molar refractivity (Wildman–Crippen MR) is 70.7 cm³/mol. The normalized spacial score (nSPS) is 28.8. The maximum Gasteiger partial charge on any atom is 0.262 e. The van der Waals surface area contributed by atoms with E-state index in [1.807, 2.05) is 0 Å². The SMILES string of the molecule is O=C(C1CC(F)(F)CN1)N1CCCC(Cn2ccnn2)C1. The number of alkyl halides is 2. The maximum atomic E-state index is 13.2. The van der Waals surface area contributed by atoms with Crippen LogP contribution in [0.4, 0.5) is 8.78 Å². The van der Waals surface area contributed by atoms with Crippen molar-refractivity contribution < 1.29 is 13.6 Å². The number of halogens is 2. The lowest BCUT2D eigenvalue weighted by Crippen LogP contribution is -2.48. The van der Waals surface area contributed by atoms with Crippen molar-refractivity contribution in [3.05, 3.63) is 12.4 Å². The summed E-state index contributed by atoms with van der Waals surface area (Å²) in [6.45, 7) is 1.55. The van der Waals surface area contributed by atoms with Gasteiger partial charge in [-0.3, -0.25) is 14.8 Å². The van der Waals surface area contributed by atoms with E-state index in [1.54, 1.807) is 22.0 Å². The molecule has 0 aliphatic carbocycles. The zero-order chi connectivity index (χ0) is 14.9. The summed E-state index contributed by atoms with van der Waals surface area (Å²) in [5.41, 5.74) is 0. The zero-order valence-electron chi connectivity index (χ0n) is 11.7. The molecule has 6 nitrogen and oxygen atoms in total. The van der Waals surface area contributed by atoms with E-state index in [2.05, 4.69) is 15.6 Å². The number of nitrogens with one attached hydrogen (secondary N) is 1. The Morgan fingerprint density at radius 1 is 1.48 bits per heavy atom. The van der Waals surface area contributed by atoms with Crippen molar-refractivity contribution in [2.75, 3.05) is 19.6 Å². The van der Waals surface area contributed by atoms with Gasteiger partial charge in [-0.25, -0.2) is 8.78 Å². The van der Waals surface area contributed by atoms with Crippen LogP contribution in [0.2, 0.25) is 0 Å². The van der Waals surface area contributed by atoms with Gasteiger partial charge >= 0.3 is 0 Å². The lowest BCUT2D eigenvalue weighted by Gasteiger charge is -2.34. The number of carbonyl (C=O) groups excluding carboxylic acids is 1. The molecular weight excluding hydrogens is 280 g/mol. The van der Waals surface area contributed by atoms with E-state index < -0.39 is 24.9 Å². The van der Waals surface area contributed by atoms with Gasteiger partial charge in [-0.1, -0.05) is 5.21 Å². The summed E-state index contributed by atoms with van der Waals surface area (Å²) in [6, 6.07) is -0.745. The quantitative estimate of drug-likeness (QED) is 0.883. The van der Waals surface area contributed by atoms with Crippen LogP contribution in [0.5, 0.6) is 0 Å². The topological polar surface area (TPSA) is 63.1 Å². The highest BCUT2D eigenvalue weighted by molar-refractivity contribution is 5.82. The van der Waals surface area contributed by atoms with Crippen molar-refractivity contribution in [2.24, 2.45) is 5.92 Å². The van der Waals surface area contributed by atoms with Gasteiger partial charge < -0.3 is 4.90 Å². The molecule has 2 unspecified atom stereocenters. The second kappa shape index (κ2) is 5.67. The monoisotopic (exact) mass is 299 g/mol. The highest BCUT2D eigenvalue weighted by Gasteiger charge is 2.44. The summed E-state index contributed by atoms with van der Waals surface area (Å²) in [5, 5.41) is 10.3. The highest BCUT2D eigenvalue weighted by Crippen LogP contribution is 2.27. The Hall–Kier alpha value is -1.57. The fourth-order valence-corrected chi connectivity index (χ4v) is 3.12. The third kappa shape index (κ3) is 3.37. The molecule has 2 saturated heterocycles. The molecule has 0 radical (unpaired) electrons. The number of likely N-dealkylation sites (tertiary alicyclic amines) is 1. The van der Waals surface area contributed by atoms with Crippen LogP contribution in [-0.2, 0) is 11.3 Å². The molecule has 21 heavy (non-hydrogen) atoms. The van der Waals surface area contributed by atoms with Crippen molar-refractivity contribution in [1.29, 1.82) is 0 Å². The lowest BCUT2D eigenvalue weighted by atomic mass is 9.97. The number of hydrogen-bond acceptors (Lipinski definition) is 4. The van der Waals surface area contributed by atoms with Crippen molar-refractivity contribution in [3.63, 3.8) is 0 Å². The van der Waals surface area contributed by atoms with Gasteiger partial charge in [0.1, 0.15) is 0 Å². The number of nitrogens with zero attached hydrogens (tertiary/aromatic N) is 4. The number of carbonyl (C=O) groups is 1. The van der Waals surface area contributed by atoms with E-state index in [9.17, 15) is 13.6 Å². The summed E-state index contributed by atoms with van der Waals surface area (Å²) < 4.78 is 28.1.